The number of carbonyl (C=O) groups is 1. The maximum Gasteiger partial charge on any atom is 0.232 e. The largest absolute Gasteiger partial charge is 0.339 e. The third-order valence-corrected chi connectivity index (χ3v) is 4.86. The minimum Gasteiger partial charge on any atom is -0.339 e. The van der Waals surface area contributed by atoms with Crippen LogP contribution in [0.4, 0.5) is 10.1 Å². The standard InChI is InChI=1S/C18H12Cl2FN3O2/c19-12-6-5-10(7-14(12)21)17-22-18(26-23-17)11-8-16(25)24(9-11)15-4-2-1-3-13(15)20/h1-7,11H,8-9H2. The van der Waals surface area contributed by atoms with E-state index in [-0.39, 0.29) is 29.1 Å². The fourth-order valence-corrected chi connectivity index (χ4v) is 3.29. The first-order valence-electron chi connectivity index (χ1n) is 7.87. The maximum absolute atomic E-state index is 13.6. The van der Waals surface area contributed by atoms with Gasteiger partial charge in [0.25, 0.3) is 0 Å². The first-order chi connectivity index (χ1) is 12.5. The predicted molar refractivity (Wildman–Crippen MR) is 95.9 cm³/mol. The summed E-state index contributed by atoms with van der Waals surface area (Å²) in [5.41, 5.74) is 1.11. The van der Waals surface area contributed by atoms with Crippen LogP contribution in [-0.4, -0.2) is 22.6 Å². The lowest BCUT2D eigenvalue weighted by Crippen LogP contribution is -2.24. The number of amides is 1. The molecule has 0 aliphatic carbocycles. The summed E-state index contributed by atoms with van der Waals surface area (Å²) in [6, 6.07) is 11.4. The van der Waals surface area contributed by atoms with Gasteiger partial charge in [0.1, 0.15) is 5.82 Å². The van der Waals surface area contributed by atoms with Gasteiger partial charge in [-0.05, 0) is 30.3 Å². The third-order valence-electron chi connectivity index (χ3n) is 4.24. The van der Waals surface area contributed by atoms with Crippen LogP contribution in [0.1, 0.15) is 18.2 Å². The molecule has 1 atom stereocenters. The molecule has 0 bridgehead atoms. The van der Waals surface area contributed by atoms with Crippen molar-refractivity contribution in [2.75, 3.05) is 11.4 Å². The van der Waals surface area contributed by atoms with Crippen LogP contribution in [0.5, 0.6) is 0 Å². The van der Waals surface area contributed by atoms with Crippen LogP contribution in [0.3, 0.4) is 0 Å². The second kappa shape index (κ2) is 6.70. The summed E-state index contributed by atoms with van der Waals surface area (Å²) in [6.07, 6.45) is 0.238. The minimum atomic E-state index is -0.559. The van der Waals surface area contributed by atoms with Gasteiger partial charge in [-0.2, -0.15) is 4.98 Å². The monoisotopic (exact) mass is 391 g/mol. The lowest BCUT2D eigenvalue weighted by atomic mass is 10.1. The van der Waals surface area contributed by atoms with E-state index >= 15 is 0 Å². The highest BCUT2D eigenvalue weighted by atomic mass is 35.5. The van der Waals surface area contributed by atoms with Crippen molar-refractivity contribution >= 4 is 34.8 Å². The van der Waals surface area contributed by atoms with Gasteiger partial charge in [-0.15, -0.1) is 0 Å². The number of anilines is 1. The van der Waals surface area contributed by atoms with Crippen LogP contribution in [0, 0.1) is 5.82 Å². The molecule has 132 valence electrons. The highest BCUT2D eigenvalue weighted by Crippen LogP contribution is 2.35. The second-order valence-electron chi connectivity index (χ2n) is 5.94. The Bertz CT molecular complexity index is 992. The molecule has 0 radical (unpaired) electrons. The molecule has 1 aliphatic rings. The van der Waals surface area contributed by atoms with Gasteiger partial charge < -0.3 is 9.42 Å². The van der Waals surface area contributed by atoms with Crippen LogP contribution in [0.25, 0.3) is 11.4 Å². The Labute approximate surface area is 158 Å². The van der Waals surface area contributed by atoms with Crippen LogP contribution >= 0.6 is 23.2 Å². The highest BCUT2D eigenvalue weighted by Gasteiger charge is 2.35. The van der Waals surface area contributed by atoms with Crippen molar-refractivity contribution in [1.29, 1.82) is 0 Å². The summed E-state index contributed by atoms with van der Waals surface area (Å²) in [6.45, 7) is 0.388. The number of aromatic nitrogens is 2. The summed E-state index contributed by atoms with van der Waals surface area (Å²) in [4.78, 5) is 18.3. The molecule has 1 unspecified atom stereocenters. The van der Waals surface area contributed by atoms with Gasteiger partial charge in [-0.25, -0.2) is 4.39 Å². The number of halogens is 3. The number of rotatable bonds is 3. The number of nitrogens with zero attached hydrogens (tertiary/aromatic N) is 3. The molecule has 1 aliphatic heterocycles. The predicted octanol–water partition coefficient (Wildman–Crippen LogP) is 4.70. The van der Waals surface area contributed by atoms with E-state index in [1.54, 1.807) is 29.2 Å². The fraction of sp³-hybridized carbons (Fsp3) is 0.167. The molecule has 1 fully saturated rings. The van der Waals surface area contributed by atoms with Crippen LogP contribution < -0.4 is 4.90 Å². The number of hydrogen-bond acceptors (Lipinski definition) is 4. The zero-order chi connectivity index (χ0) is 18.3. The van der Waals surface area contributed by atoms with E-state index in [2.05, 4.69) is 10.1 Å². The van der Waals surface area contributed by atoms with Crippen molar-refractivity contribution in [3.05, 3.63) is 64.2 Å². The summed E-state index contributed by atoms with van der Waals surface area (Å²) >= 11 is 11.9. The molecule has 5 nitrogen and oxygen atoms in total. The summed E-state index contributed by atoms with van der Waals surface area (Å²) in [7, 11) is 0. The van der Waals surface area contributed by atoms with Gasteiger partial charge in [0, 0.05) is 18.5 Å². The van der Waals surface area contributed by atoms with Crippen LogP contribution in [0.15, 0.2) is 47.0 Å². The van der Waals surface area contributed by atoms with Crippen molar-refractivity contribution in [2.45, 2.75) is 12.3 Å². The lowest BCUT2D eigenvalue weighted by molar-refractivity contribution is -0.117. The van der Waals surface area contributed by atoms with E-state index in [0.29, 0.717) is 28.7 Å². The maximum atomic E-state index is 13.6. The second-order valence-corrected chi connectivity index (χ2v) is 6.76. The SMILES string of the molecule is O=C1CC(c2nc(-c3ccc(Cl)c(F)c3)no2)CN1c1ccccc1Cl. The Morgan fingerprint density at radius 2 is 1.96 bits per heavy atom. The molecular formula is C18H12Cl2FN3O2. The van der Waals surface area contributed by atoms with E-state index in [1.807, 2.05) is 6.07 Å². The minimum absolute atomic E-state index is 0.0224. The Hall–Kier alpha value is -2.44. The first-order valence-corrected chi connectivity index (χ1v) is 8.62. The molecule has 0 N–H and O–H groups in total. The van der Waals surface area contributed by atoms with E-state index in [9.17, 15) is 9.18 Å². The molecule has 1 aromatic heterocycles. The number of benzene rings is 2. The molecule has 1 amide bonds. The van der Waals surface area contributed by atoms with Gasteiger partial charge in [0.15, 0.2) is 0 Å². The zero-order valence-electron chi connectivity index (χ0n) is 13.3. The average molecular weight is 392 g/mol. The van der Waals surface area contributed by atoms with E-state index in [4.69, 9.17) is 27.7 Å². The first kappa shape index (κ1) is 17.0. The van der Waals surface area contributed by atoms with E-state index < -0.39 is 5.82 Å². The normalized spacial score (nSPS) is 17.1. The Morgan fingerprint density at radius 1 is 1.15 bits per heavy atom. The molecule has 8 heteroatoms. The highest BCUT2D eigenvalue weighted by molar-refractivity contribution is 6.33. The van der Waals surface area contributed by atoms with E-state index in [0.717, 1.165) is 0 Å². The summed E-state index contributed by atoms with van der Waals surface area (Å²) in [5.74, 6) is -0.300. The molecule has 0 saturated carbocycles. The molecule has 0 spiro atoms. The summed E-state index contributed by atoms with van der Waals surface area (Å²) < 4.78 is 18.9. The van der Waals surface area contributed by atoms with E-state index in [1.165, 1.54) is 12.1 Å². The van der Waals surface area contributed by atoms with Gasteiger partial charge in [-0.1, -0.05) is 40.5 Å². The lowest BCUT2D eigenvalue weighted by Gasteiger charge is -2.17. The Kier molecular flexibility index (Phi) is 4.38. The molecule has 4 rings (SSSR count). The van der Waals surface area contributed by atoms with Crippen molar-refractivity contribution in [3.8, 4) is 11.4 Å². The molecular weight excluding hydrogens is 380 g/mol. The van der Waals surface area contributed by atoms with Gasteiger partial charge in [0.05, 0.1) is 21.7 Å². The van der Waals surface area contributed by atoms with Crippen molar-refractivity contribution in [3.63, 3.8) is 0 Å². The molecule has 26 heavy (non-hydrogen) atoms. The summed E-state index contributed by atoms with van der Waals surface area (Å²) in [5, 5.41) is 4.42. The van der Waals surface area contributed by atoms with Crippen molar-refractivity contribution < 1.29 is 13.7 Å². The smallest absolute Gasteiger partial charge is 0.232 e. The fourth-order valence-electron chi connectivity index (χ4n) is 2.93. The number of hydrogen-bond donors (Lipinski definition) is 0. The van der Waals surface area contributed by atoms with Gasteiger partial charge in [0.2, 0.25) is 17.6 Å². The molecule has 2 heterocycles. The van der Waals surface area contributed by atoms with Crippen LogP contribution in [0.2, 0.25) is 10.0 Å². The Balaban J connectivity index is 1.58. The van der Waals surface area contributed by atoms with Crippen molar-refractivity contribution in [2.24, 2.45) is 0 Å². The van der Waals surface area contributed by atoms with Crippen molar-refractivity contribution in [1.82, 2.24) is 10.1 Å². The topological polar surface area (TPSA) is 59.2 Å². The average Bonchev–Trinajstić information content (AvgIpc) is 3.25. The molecule has 1 saturated heterocycles. The zero-order valence-corrected chi connectivity index (χ0v) is 14.8. The number of carbonyl (C=O) groups excluding carboxylic acids is 1. The third kappa shape index (κ3) is 3.06. The van der Waals surface area contributed by atoms with Gasteiger partial charge in [-0.3, -0.25) is 4.79 Å². The Morgan fingerprint density at radius 3 is 2.73 bits per heavy atom. The van der Waals surface area contributed by atoms with Gasteiger partial charge >= 0.3 is 0 Å². The molecule has 2 aromatic carbocycles. The quantitative estimate of drug-likeness (QED) is 0.648. The number of para-hydroxylation sites is 1. The van der Waals surface area contributed by atoms with Crippen LogP contribution in [-0.2, 0) is 4.79 Å². The molecule has 3 aromatic rings.